The van der Waals surface area contributed by atoms with Crippen LogP contribution in [0.3, 0.4) is 0 Å². The Labute approximate surface area is 158 Å². The summed E-state index contributed by atoms with van der Waals surface area (Å²) in [5, 5.41) is 16.7. The Bertz CT molecular complexity index is 777. The van der Waals surface area contributed by atoms with Crippen molar-refractivity contribution < 1.29 is 14.7 Å². The molecule has 0 spiro atoms. The molecule has 144 valence electrons. The lowest BCUT2D eigenvalue weighted by Gasteiger charge is -2.35. The van der Waals surface area contributed by atoms with Crippen LogP contribution in [0.2, 0.25) is 0 Å². The average Bonchev–Trinajstić information content (AvgIpc) is 3.14. The molecule has 27 heavy (non-hydrogen) atoms. The van der Waals surface area contributed by atoms with E-state index in [0.29, 0.717) is 32.6 Å². The number of nitrogens with one attached hydrogen (secondary N) is 1. The highest BCUT2D eigenvalue weighted by atomic mass is 16.4. The molecule has 1 aliphatic heterocycles. The minimum Gasteiger partial charge on any atom is -0.481 e. The Hall–Kier alpha value is -2.74. The van der Waals surface area contributed by atoms with Gasteiger partial charge >= 0.3 is 5.97 Å². The zero-order valence-corrected chi connectivity index (χ0v) is 15.4. The van der Waals surface area contributed by atoms with Gasteiger partial charge in [0, 0.05) is 56.9 Å². The average molecular weight is 371 g/mol. The third kappa shape index (κ3) is 5.13. The minimum absolute atomic E-state index is 0.112. The van der Waals surface area contributed by atoms with E-state index in [2.05, 4.69) is 15.4 Å². The zero-order valence-electron chi connectivity index (χ0n) is 15.4. The number of hydrogen-bond acceptors (Lipinski definition) is 5. The van der Waals surface area contributed by atoms with Crippen LogP contribution in [0.5, 0.6) is 0 Å². The van der Waals surface area contributed by atoms with Gasteiger partial charge in [-0.05, 0) is 25.0 Å². The molecule has 3 rings (SSSR count). The van der Waals surface area contributed by atoms with Crippen LogP contribution in [0, 0.1) is 11.8 Å². The number of likely N-dealkylation sites (tertiary alicyclic amines) is 1. The molecule has 0 radical (unpaired) electrons. The summed E-state index contributed by atoms with van der Waals surface area (Å²) >= 11 is 0. The number of aromatic nitrogens is 3. The van der Waals surface area contributed by atoms with E-state index >= 15 is 0 Å². The molecule has 0 aromatic carbocycles. The number of aliphatic carboxylic acids is 1. The number of carbonyl (C=O) groups excluding carboxylic acids is 1. The van der Waals surface area contributed by atoms with E-state index in [4.69, 9.17) is 0 Å². The Morgan fingerprint density at radius 1 is 1.26 bits per heavy atom. The van der Waals surface area contributed by atoms with Crippen molar-refractivity contribution in [3.05, 3.63) is 48.0 Å². The van der Waals surface area contributed by atoms with Crippen molar-refractivity contribution in [2.45, 2.75) is 33.0 Å². The number of piperidine rings is 1. The SMILES string of the molecule is CCn1cc(CN2C[C@H](C(=O)O)C[C@H](C(=O)NCc3cccnc3)C2)cn1. The number of nitrogens with zero attached hydrogens (tertiary/aromatic N) is 4. The van der Waals surface area contributed by atoms with Gasteiger partial charge in [0.05, 0.1) is 18.0 Å². The predicted octanol–water partition coefficient (Wildman–Crippen LogP) is 1.14. The number of carbonyl (C=O) groups is 2. The van der Waals surface area contributed by atoms with Gasteiger partial charge in [0.1, 0.15) is 0 Å². The van der Waals surface area contributed by atoms with E-state index in [1.54, 1.807) is 18.6 Å². The Morgan fingerprint density at radius 3 is 2.74 bits per heavy atom. The molecule has 2 aromatic heterocycles. The first-order valence-corrected chi connectivity index (χ1v) is 9.18. The normalized spacial score (nSPS) is 20.3. The molecule has 8 nitrogen and oxygen atoms in total. The number of hydrogen-bond donors (Lipinski definition) is 2. The monoisotopic (exact) mass is 371 g/mol. The van der Waals surface area contributed by atoms with Crippen LogP contribution in [-0.2, 0) is 29.2 Å². The number of rotatable bonds is 7. The third-order valence-corrected chi connectivity index (χ3v) is 4.85. The molecule has 2 N–H and O–H groups in total. The Balaban J connectivity index is 1.62. The molecule has 2 aromatic rings. The lowest BCUT2D eigenvalue weighted by Crippen LogP contribution is -2.47. The highest BCUT2D eigenvalue weighted by Crippen LogP contribution is 2.24. The van der Waals surface area contributed by atoms with Gasteiger partial charge in [0.15, 0.2) is 0 Å². The maximum Gasteiger partial charge on any atom is 0.307 e. The van der Waals surface area contributed by atoms with E-state index < -0.39 is 11.9 Å². The Morgan fingerprint density at radius 2 is 2.07 bits per heavy atom. The summed E-state index contributed by atoms with van der Waals surface area (Å²) < 4.78 is 1.84. The predicted molar refractivity (Wildman–Crippen MR) is 98.5 cm³/mol. The van der Waals surface area contributed by atoms with Gasteiger partial charge in [-0.3, -0.25) is 24.2 Å². The van der Waals surface area contributed by atoms with E-state index in [0.717, 1.165) is 17.7 Å². The Kier molecular flexibility index (Phi) is 6.18. The van der Waals surface area contributed by atoms with Crippen LogP contribution < -0.4 is 5.32 Å². The fourth-order valence-corrected chi connectivity index (χ4v) is 3.44. The second-order valence-corrected chi connectivity index (χ2v) is 6.95. The van der Waals surface area contributed by atoms with E-state index in [1.165, 1.54) is 0 Å². The maximum atomic E-state index is 12.6. The largest absolute Gasteiger partial charge is 0.481 e. The molecule has 1 aliphatic rings. The van der Waals surface area contributed by atoms with Crippen molar-refractivity contribution in [3.63, 3.8) is 0 Å². The van der Waals surface area contributed by atoms with E-state index in [1.807, 2.05) is 34.8 Å². The first kappa shape index (κ1) is 19.0. The number of carboxylic acids is 1. The highest BCUT2D eigenvalue weighted by molar-refractivity contribution is 5.80. The summed E-state index contributed by atoms with van der Waals surface area (Å²) in [6.07, 6.45) is 7.51. The van der Waals surface area contributed by atoms with Crippen LogP contribution in [0.4, 0.5) is 0 Å². The van der Waals surface area contributed by atoms with Gasteiger partial charge < -0.3 is 10.4 Å². The molecule has 0 bridgehead atoms. The van der Waals surface area contributed by atoms with Crippen molar-refractivity contribution >= 4 is 11.9 Å². The molecular weight excluding hydrogens is 346 g/mol. The van der Waals surface area contributed by atoms with Crippen LogP contribution >= 0.6 is 0 Å². The second-order valence-electron chi connectivity index (χ2n) is 6.95. The third-order valence-electron chi connectivity index (χ3n) is 4.85. The van der Waals surface area contributed by atoms with Gasteiger partial charge in [-0.2, -0.15) is 5.10 Å². The first-order chi connectivity index (χ1) is 13.0. The van der Waals surface area contributed by atoms with Gasteiger partial charge in [-0.15, -0.1) is 0 Å². The van der Waals surface area contributed by atoms with Crippen LogP contribution in [0.25, 0.3) is 0 Å². The number of pyridine rings is 1. The lowest BCUT2D eigenvalue weighted by molar-refractivity contribution is -0.145. The van der Waals surface area contributed by atoms with Crippen molar-refractivity contribution in [3.8, 4) is 0 Å². The van der Waals surface area contributed by atoms with Gasteiger partial charge in [0.2, 0.25) is 5.91 Å². The molecule has 8 heteroatoms. The number of amides is 1. The maximum absolute atomic E-state index is 12.6. The van der Waals surface area contributed by atoms with Crippen molar-refractivity contribution in [1.82, 2.24) is 25.0 Å². The summed E-state index contributed by atoms with van der Waals surface area (Å²) in [7, 11) is 0. The minimum atomic E-state index is -0.853. The molecule has 1 amide bonds. The van der Waals surface area contributed by atoms with Gasteiger partial charge in [0.25, 0.3) is 0 Å². The fraction of sp³-hybridized carbons (Fsp3) is 0.474. The second kappa shape index (κ2) is 8.77. The topological polar surface area (TPSA) is 100 Å². The summed E-state index contributed by atoms with van der Waals surface area (Å²) in [5.74, 6) is -1.86. The van der Waals surface area contributed by atoms with E-state index in [-0.39, 0.29) is 11.8 Å². The molecule has 2 atom stereocenters. The zero-order chi connectivity index (χ0) is 19.2. The molecule has 1 fully saturated rings. The molecule has 0 saturated carbocycles. The van der Waals surface area contributed by atoms with Crippen molar-refractivity contribution in [2.75, 3.05) is 13.1 Å². The van der Waals surface area contributed by atoms with Crippen LogP contribution in [0.1, 0.15) is 24.5 Å². The standard InChI is InChI=1S/C19H25N5O3/c1-2-24-11-15(9-22-24)10-23-12-16(6-17(13-23)19(26)27)18(25)21-8-14-4-3-5-20-7-14/h3-5,7,9,11,16-17H,2,6,8,10,12-13H2,1H3,(H,21,25)(H,26,27)/t16-,17+/m0/s1. The van der Waals surface area contributed by atoms with E-state index in [9.17, 15) is 14.7 Å². The molecular formula is C19H25N5O3. The van der Waals surface area contributed by atoms with Gasteiger partial charge in [-0.1, -0.05) is 6.07 Å². The molecule has 3 heterocycles. The van der Waals surface area contributed by atoms with Crippen LogP contribution in [-0.4, -0.2) is 49.7 Å². The molecule has 0 unspecified atom stereocenters. The van der Waals surface area contributed by atoms with Gasteiger partial charge in [-0.25, -0.2) is 0 Å². The molecule has 0 aliphatic carbocycles. The fourth-order valence-electron chi connectivity index (χ4n) is 3.44. The number of aryl methyl sites for hydroxylation is 1. The highest BCUT2D eigenvalue weighted by Gasteiger charge is 2.35. The summed E-state index contributed by atoms with van der Waals surface area (Å²) in [6.45, 7) is 4.78. The quantitative estimate of drug-likeness (QED) is 0.757. The smallest absolute Gasteiger partial charge is 0.307 e. The van der Waals surface area contributed by atoms with Crippen molar-refractivity contribution in [1.29, 1.82) is 0 Å². The number of carboxylic acid groups (broad SMARTS) is 1. The first-order valence-electron chi connectivity index (χ1n) is 9.18. The summed E-state index contributed by atoms with van der Waals surface area (Å²) in [5.41, 5.74) is 1.94. The lowest BCUT2D eigenvalue weighted by atomic mass is 9.88. The summed E-state index contributed by atoms with van der Waals surface area (Å²) in [6, 6.07) is 3.71. The molecule has 1 saturated heterocycles. The van der Waals surface area contributed by atoms with Crippen LogP contribution in [0.15, 0.2) is 36.9 Å². The van der Waals surface area contributed by atoms with Crippen molar-refractivity contribution in [2.24, 2.45) is 11.8 Å². The summed E-state index contributed by atoms with van der Waals surface area (Å²) in [4.78, 5) is 30.3.